The van der Waals surface area contributed by atoms with Gasteiger partial charge in [-0.25, -0.2) is 8.42 Å². The molecule has 8 heteroatoms. The molecule has 0 spiro atoms. The van der Waals surface area contributed by atoms with E-state index in [-0.39, 0.29) is 16.9 Å². The molecule has 0 amide bonds. The van der Waals surface area contributed by atoms with Gasteiger partial charge in [0.2, 0.25) is 0 Å². The monoisotopic (exact) mass is 463 g/mol. The third-order valence-corrected chi connectivity index (χ3v) is 7.75. The number of benzene rings is 2. The molecular formula is C22H23Cl2N3O2S. The minimum Gasteiger partial charge on any atom is -0.356 e. The predicted octanol–water partition coefficient (Wildman–Crippen LogP) is 5.32. The van der Waals surface area contributed by atoms with Gasteiger partial charge in [-0.05, 0) is 66.9 Å². The molecule has 0 saturated carbocycles. The van der Waals surface area contributed by atoms with Crippen molar-refractivity contribution in [3.8, 4) is 0 Å². The number of hydrogen-bond acceptors (Lipinski definition) is 3. The lowest BCUT2D eigenvalue weighted by Gasteiger charge is -2.32. The van der Waals surface area contributed by atoms with Gasteiger partial charge in [-0.1, -0.05) is 35.3 Å². The van der Waals surface area contributed by atoms with Crippen molar-refractivity contribution in [2.45, 2.75) is 29.7 Å². The summed E-state index contributed by atoms with van der Waals surface area (Å²) in [4.78, 5) is 0.238. The lowest BCUT2D eigenvalue weighted by atomic mass is 9.76. The molecule has 0 fully saturated rings. The minimum absolute atomic E-state index is 0.153. The molecule has 0 aliphatic heterocycles. The smallest absolute Gasteiger partial charge is 0.263 e. The second-order valence-electron chi connectivity index (χ2n) is 7.61. The number of fused-ring (bicyclic) bond motifs is 1. The maximum atomic E-state index is 12.7. The number of halogens is 2. The number of rotatable bonds is 5. The molecule has 1 aromatic heterocycles. The van der Waals surface area contributed by atoms with Gasteiger partial charge in [-0.3, -0.25) is 4.72 Å². The molecule has 2 N–H and O–H groups in total. The van der Waals surface area contributed by atoms with E-state index in [1.54, 1.807) is 30.1 Å². The molecule has 5 nitrogen and oxygen atoms in total. The summed E-state index contributed by atoms with van der Waals surface area (Å²) in [6.07, 6.45) is 5.19. The molecule has 4 rings (SSSR count). The number of hydrogen-bond donors (Lipinski definition) is 2. The second kappa shape index (κ2) is 8.27. The average Bonchev–Trinajstić information content (AvgIpc) is 3.16. The van der Waals surface area contributed by atoms with E-state index in [4.69, 9.17) is 23.2 Å². The lowest BCUT2D eigenvalue weighted by Crippen LogP contribution is -2.24. The van der Waals surface area contributed by atoms with Crippen LogP contribution in [0.5, 0.6) is 0 Å². The van der Waals surface area contributed by atoms with Crippen molar-refractivity contribution < 1.29 is 8.42 Å². The van der Waals surface area contributed by atoms with Crippen LogP contribution >= 0.6 is 23.2 Å². The van der Waals surface area contributed by atoms with Gasteiger partial charge >= 0.3 is 0 Å². The first-order valence-electron chi connectivity index (χ1n) is 9.69. The van der Waals surface area contributed by atoms with E-state index < -0.39 is 10.0 Å². The molecule has 3 aromatic rings. The Bertz CT molecular complexity index is 1190. The number of nitrogens with one attached hydrogen (secondary N) is 2. The molecule has 0 radical (unpaired) electrons. The quantitative estimate of drug-likeness (QED) is 0.537. The molecule has 1 aliphatic rings. The Morgan fingerprint density at radius 3 is 2.47 bits per heavy atom. The van der Waals surface area contributed by atoms with E-state index in [9.17, 15) is 8.42 Å². The number of nitrogens with zero attached hydrogens (tertiary/aromatic N) is 1. The summed E-state index contributed by atoms with van der Waals surface area (Å²) in [5.41, 5.74) is 3.92. The summed E-state index contributed by atoms with van der Waals surface area (Å²) < 4.78 is 29.9. The van der Waals surface area contributed by atoms with Gasteiger partial charge in [0.15, 0.2) is 0 Å². The zero-order valence-electron chi connectivity index (χ0n) is 16.7. The molecular weight excluding hydrogens is 441 g/mol. The van der Waals surface area contributed by atoms with Crippen LogP contribution in [-0.2, 0) is 17.1 Å². The van der Waals surface area contributed by atoms with Crippen molar-refractivity contribution in [3.05, 3.63) is 81.6 Å². The average molecular weight is 464 g/mol. The van der Waals surface area contributed by atoms with Crippen LogP contribution in [0, 0.1) is 0 Å². The van der Waals surface area contributed by atoms with Crippen LogP contribution < -0.4 is 10.0 Å². The number of sulfonamides is 1. The first kappa shape index (κ1) is 21.2. The van der Waals surface area contributed by atoms with Gasteiger partial charge in [-0.15, -0.1) is 0 Å². The Morgan fingerprint density at radius 2 is 1.80 bits per heavy atom. The Hall–Kier alpha value is -1.99. The summed E-state index contributed by atoms with van der Waals surface area (Å²) in [6, 6.07) is 13.2. The van der Waals surface area contributed by atoms with Crippen molar-refractivity contribution >= 4 is 38.9 Å². The predicted molar refractivity (Wildman–Crippen MR) is 122 cm³/mol. The maximum absolute atomic E-state index is 12.7. The van der Waals surface area contributed by atoms with Crippen LogP contribution in [0.25, 0.3) is 0 Å². The fourth-order valence-corrected chi connectivity index (χ4v) is 5.53. The minimum atomic E-state index is -3.64. The van der Waals surface area contributed by atoms with Crippen LogP contribution in [0.4, 0.5) is 5.69 Å². The Morgan fingerprint density at radius 1 is 1.00 bits per heavy atom. The topological polar surface area (TPSA) is 63.1 Å². The van der Waals surface area contributed by atoms with Gasteiger partial charge in [-0.2, -0.15) is 0 Å². The lowest BCUT2D eigenvalue weighted by molar-refractivity contribution is 0.471. The molecule has 158 valence electrons. The molecule has 0 bridgehead atoms. The highest BCUT2D eigenvalue weighted by Crippen LogP contribution is 2.43. The molecule has 2 aromatic carbocycles. The largest absolute Gasteiger partial charge is 0.356 e. The zero-order valence-corrected chi connectivity index (χ0v) is 19.0. The Labute approximate surface area is 187 Å². The van der Waals surface area contributed by atoms with Crippen LogP contribution in [0.1, 0.15) is 41.5 Å². The third-order valence-electron chi connectivity index (χ3n) is 5.64. The van der Waals surface area contributed by atoms with Crippen LogP contribution in [-0.4, -0.2) is 20.0 Å². The van der Waals surface area contributed by atoms with E-state index in [0.717, 1.165) is 24.0 Å². The molecule has 0 unspecified atom stereocenters. The summed E-state index contributed by atoms with van der Waals surface area (Å²) in [7, 11) is 0.0729. The summed E-state index contributed by atoms with van der Waals surface area (Å²) in [5.74, 6) is 0.180. The van der Waals surface area contributed by atoms with Crippen LogP contribution in [0.15, 0.2) is 59.8 Å². The van der Waals surface area contributed by atoms with E-state index in [1.165, 1.54) is 5.56 Å². The molecule has 30 heavy (non-hydrogen) atoms. The Balaban J connectivity index is 1.70. The number of anilines is 1. The fourth-order valence-electron chi connectivity index (χ4n) is 4.13. The molecule has 1 heterocycles. The number of aryl methyl sites for hydroxylation is 1. The summed E-state index contributed by atoms with van der Waals surface area (Å²) >= 11 is 12.3. The van der Waals surface area contributed by atoms with Crippen LogP contribution in [0.3, 0.4) is 0 Å². The van der Waals surface area contributed by atoms with E-state index in [2.05, 4.69) is 10.0 Å². The van der Waals surface area contributed by atoms with Gasteiger partial charge in [0.25, 0.3) is 10.0 Å². The van der Waals surface area contributed by atoms with Crippen LogP contribution in [0.2, 0.25) is 10.0 Å². The van der Waals surface area contributed by atoms with Crippen molar-refractivity contribution in [3.63, 3.8) is 0 Å². The van der Waals surface area contributed by atoms with Gasteiger partial charge in [0, 0.05) is 37.1 Å². The molecule has 1 aliphatic carbocycles. The van der Waals surface area contributed by atoms with Crippen molar-refractivity contribution in [2.24, 2.45) is 7.05 Å². The van der Waals surface area contributed by atoms with E-state index in [1.807, 2.05) is 43.4 Å². The van der Waals surface area contributed by atoms with Crippen molar-refractivity contribution in [1.29, 1.82) is 0 Å². The third kappa shape index (κ3) is 4.10. The van der Waals surface area contributed by atoms with Gasteiger partial charge < -0.3 is 9.88 Å². The fraction of sp³-hybridized carbons (Fsp3) is 0.273. The van der Waals surface area contributed by atoms with Crippen molar-refractivity contribution in [1.82, 2.24) is 9.88 Å². The maximum Gasteiger partial charge on any atom is 0.263 e. The van der Waals surface area contributed by atoms with Crippen molar-refractivity contribution in [2.75, 3.05) is 11.8 Å². The first-order valence-corrected chi connectivity index (χ1v) is 11.9. The first-order chi connectivity index (χ1) is 14.3. The SMILES string of the molecule is CN[C@H]1CC[C@@H](c2ccc(Cl)c(Cl)c2)c2ccc(NS(=O)(=O)c3ccn(C)c3)cc21. The molecule has 2 atom stereocenters. The number of aromatic nitrogens is 1. The van der Waals surface area contributed by atoms with Gasteiger partial charge in [0.1, 0.15) is 4.90 Å². The van der Waals surface area contributed by atoms with E-state index >= 15 is 0 Å². The summed E-state index contributed by atoms with van der Waals surface area (Å²) in [6.45, 7) is 0. The standard InChI is InChI=1S/C22H23Cl2N3O2S/c1-25-22-8-6-17(14-3-7-20(23)21(24)11-14)18-5-4-15(12-19(18)22)26-30(28,29)16-9-10-27(2)13-16/h3-5,7,9-13,17,22,25-26H,6,8H2,1-2H3/t17-,22-/m0/s1. The normalized spacial score (nSPS) is 18.8. The highest BCUT2D eigenvalue weighted by Gasteiger charge is 2.28. The van der Waals surface area contributed by atoms with Gasteiger partial charge in [0.05, 0.1) is 10.0 Å². The Kier molecular flexibility index (Phi) is 5.86. The highest BCUT2D eigenvalue weighted by molar-refractivity contribution is 7.92. The second-order valence-corrected chi connectivity index (χ2v) is 10.1. The summed E-state index contributed by atoms with van der Waals surface area (Å²) in [5, 5.41) is 4.43. The highest BCUT2D eigenvalue weighted by atomic mass is 35.5. The zero-order chi connectivity index (χ0) is 21.5. The van der Waals surface area contributed by atoms with E-state index in [0.29, 0.717) is 15.7 Å². The molecule has 0 saturated heterocycles.